The molecule has 19 heavy (non-hydrogen) atoms. The third-order valence-electron chi connectivity index (χ3n) is 3.51. The molecule has 0 saturated heterocycles. The van der Waals surface area contributed by atoms with Gasteiger partial charge in [-0.1, -0.05) is 31.2 Å². The Balaban J connectivity index is 2.30. The second-order valence-electron chi connectivity index (χ2n) is 4.58. The van der Waals surface area contributed by atoms with Crippen LogP contribution in [0.25, 0.3) is 0 Å². The van der Waals surface area contributed by atoms with Crippen molar-refractivity contribution in [2.24, 2.45) is 0 Å². The molecule has 0 spiro atoms. The molecule has 0 saturated carbocycles. The summed E-state index contributed by atoms with van der Waals surface area (Å²) in [4.78, 5) is 24.7. The molecule has 0 aliphatic heterocycles. The molecule has 3 heteroatoms. The number of aryl methyl sites for hydroxylation is 1. The zero-order valence-corrected chi connectivity index (χ0v) is 10.4. The number of carbonyl (C=O) groups excluding carboxylic acids is 2. The summed E-state index contributed by atoms with van der Waals surface area (Å²) in [6, 6.07) is 9.82. The van der Waals surface area contributed by atoms with Gasteiger partial charge in [-0.05, 0) is 24.1 Å². The van der Waals surface area contributed by atoms with E-state index in [4.69, 9.17) is 0 Å². The first kappa shape index (κ1) is 11.7. The van der Waals surface area contributed by atoms with E-state index in [1.165, 1.54) is 6.07 Å². The van der Waals surface area contributed by atoms with Crippen LogP contribution >= 0.6 is 0 Å². The average molecular weight is 252 g/mol. The number of hydrogen-bond acceptors (Lipinski definition) is 3. The van der Waals surface area contributed by atoms with E-state index in [2.05, 4.69) is 0 Å². The lowest BCUT2D eigenvalue weighted by Gasteiger charge is -2.18. The molecule has 1 aliphatic carbocycles. The van der Waals surface area contributed by atoms with E-state index in [0.29, 0.717) is 34.2 Å². The summed E-state index contributed by atoms with van der Waals surface area (Å²) in [7, 11) is 0. The standard InChI is InChI=1S/C16H12O3/c1-2-9-7-12-13(8-14(9)17)16(19)11-6-4-3-5-10(11)15(12)18/h3-8,17H,2H2,1H3. The van der Waals surface area contributed by atoms with E-state index >= 15 is 0 Å². The molecule has 0 atom stereocenters. The Kier molecular flexibility index (Phi) is 2.49. The van der Waals surface area contributed by atoms with Crippen molar-refractivity contribution in [3.05, 3.63) is 64.2 Å². The van der Waals surface area contributed by atoms with E-state index in [-0.39, 0.29) is 17.3 Å². The largest absolute Gasteiger partial charge is 0.508 e. The van der Waals surface area contributed by atoms with Gasteiger partial charge in [-0.25, -0.2) is 0 Å². The smallest absolute Gasteiger partial charge is 0.194 e. The molecule has 0 heterocycles. The monoisotopic (exact) mass is 252 g/mol. The molecule has 1 aliphatic rings. The molecular weight excluding hydrogens is 240 g/mol. The summed E-state index contributed by atoms with van der Waals surface area (Å²) in [6.07, 6.45) is 0.613. The van der Waals surface area contributed by atoms with E-state index < -0.39 is 0 Å². The molecule has 0 aromatic heterocycles. The van der Waals surface area contributed by atoms with Gasteiger partial charge in [-0.15, -0.1) is 0 Å². The third-order valence-corrected chi connectivity index (χ3v) is 3.51. The van der Waals surface area contributed by atoms with Crippen molar-refractivity contribution >= 4 is 11.6 Å². The van der Waals surface area contributed by atoms with E-state index in [1.807, 2.05) is 6.92 Å². The Hall–Kier alpha value is -2.42. The van der Waals surface area contributed by atoms with Crippen LogP contribution in [0.5, 0.6) is 5.75 Å². The van der Waals surface area contributed by atoms with Crippen LogP contribution in [0.15, 0.2) is 36.4 Å². The Morgan fingerprint density at radius 3 is 1.95 bits per heavy atom. The van der Waals surface area contributed by atoms with Crippen LogP contribution in [-0.4, -0.2) is 16.7 Å². The summed E-state index contributed by atoms with van der Waals surface area (Å²) in [5.41, 5.74) is 2.20. The minimum Gasteiger partial charge on any atom is -0.508 e. The van der Waals surface area contributed by atoms with Crippen LogP contribution in [-0.2, 0) is 6.42 Å². The van der Waals surface area contributed by atoms with Gasteiger partial charge in [0.25, 0.3) is 0 Å². The lowest BCUT2D eigenvalue weighted by molar-refractivity contribution is 0.0978. The van der Waals surface area contributed by atoms with Crippen molar-refractivity contribution in [1.82, 2.24) is 0 Å². The predicted molar refractivity (Wildman–Crippen MR) is 70.8 cm³/mol. The fraction of sp³-hybridized carbons (Fsp3) is 0.125. The van der Waals surface area contributed by atoms with Gasteiger partial charge in [0.1, 0.15) is 5.75 Å². The van der Waals surface area contributed by atoms with Crippen molar-refractivity contribution in [2.45, 2.75) is 13.3 Å². The number of phenolic OH excluding ortho intramolecular Hbond substituents is 1. The lowest BCUT2D eigenvalue weighted by atomic mass is 9.83. The number of ketones is 2. The summed E-state index contributed by atoms with van der Waals surface area (Å²) < 4.78 is 0. The van der Waals surface area contributed by atoms with Gasteiger partial charge in [0.05, 0.1) is 0 Å². The summed E-state index contributed by atoms with van der Waals surface area (Å²) in [6.45, 7) is 1.89. The highest BCUT2D eigenvalue weighted by Crippen LogP contribution is 2.31. The Morgan fingerprint density at radius 1 is 0.895 bits per heavy atom. The molecule has 2 aromatic rings. The second-order valence-corrected chi connectivity index (χ2v) is 4.58. The molecule has 1 N–H and O–H groups in total. The summed E-state index contributed by atoms with van der Waals surface area (Å²) in [5, 5.41) is 9.86. The number of rotatable bonds is 1. The quantitative estimate of drug-likeness (QED) is 0.724. The normalized spacial score (nSPS) is 13.1. The van der Waals surface area contributed by atoms with Gasteiger partial charge >= 0.3 is 0 Å². The minimum absolute atomic E-state index is 0.0711. The molecule has 0 unspecified atom stereocenters. The van der Waals surface area contributed by atoms with E-state index in [9.17, 15) is 14.7 Å². The summed E-state index contributed by atoms with van der Waals surface area (Å²) in [5.74, 6) is -0.287. The SMILES string of the molecule is CCc1cc2c(cc1O)C(=O)c1ccccc1C2=O. The maximum atomic E-state index is 12.4. The minimum atomic E-state index is -0.205. The highest BCUT2D eigenvalue weighted by Gasteiger charge is 2.30. The number of carbonyl (C=O) groups is 2. The first-order chi connectivity index (χ1) is 9.13. The predicted octanol–water partition coefficient (Wildman–Crippen LogP) is 2.73. The molecular formula is C16H12O3. The molecule has 0 amide bonds. The van der Waals surface area contributed by atoms with Crippen LogP contribution in [0.2, 0.25) is 0 Å². The van der Waals surface area contributed by atoms with Gasteiger partial charge in [0, 0.05) is 22.3 Å². The van der Waals surface area contributed by atoms with Crippen molar-refractivity contribution < 1.29 is 14.7 Å². The number of hydrogen-bond donors (Lipinski definition) is 1. The van der Waals surface area contributed by atoms with Crippen LogP contribution in [0, 0.1) is 0 Å². The van der Waals surface area contributed by atoms with Crippen LogP contribution < -0.4 is 0 Å². The third kappa shape index (κ3) is 1.58. The molecule has 0 fully saturated rings. The van der Waals surface area contributed by atoms with Crippen molar-refractivity contribution in [1.29, 1.82) is 0 Å². The van der Waals surface area contributed by atoms with Gasteiger partial charge in [-0.3, -0.25) is 9.59 Å². The van der Waals surface area contributed by atoms with E-state index in [1.54, 1.807) is 30.3 Å². The van der Waals surface area contributed by atoms with Crippen LogP contribution in [0.3, 0.4) is 0 Å². The number of aromatic hydroxyl groups is 1. The Morgan fingerprint density at radius 2 is 1.42 bits per heavy atom. The topological polar surface area (TPSA) is 54.4 Å². The Labute approximate surface area is 110 Å². The molecule has 0 radical (unpaired) electrons. The number of phenols is 1. The van der Waals surface area contributed by atoms with Gasteiger partial charge in [-0.2, -0.15) is 0 Å². The first-order valence-corrected chi connectivity index (χ1v) is 6.17. The van der Waals surface area contributed by atoms with Gasteiger partial charge < -0.3 is 5.11 Å². The number of fused-ring (bicyclic) bond motifs is 2. The molecule has 0 bridgehead atoms. The fourth-order valence-electron chi connectivity index (χ4n) is 2.46. The zero-order valence-electron chi connectivity index (χ0n) is 10.4. The van der Waals surface area contributed by atoms with Crippen molar-refractivity contribution in [2.75, 3.05) is 0 Å². The highest BCUT2D eigenvalue weighted by atomic mass is 16.3. The zero-order chi connectivity index (χ0) is 13.6. The Bertz CT molecular complexity index is 714. The molecule has 2 aromatic carbocycles. The van der Waals surface area contributed by atoms with Crippen LogP contribution in [0.1, 0.15) is 44.3 Å². The lowest BCUT2D eigenvalue weighted by Crippen LogP contribution is -2.21. The number of benzene rings is 2. The first-order valence-electron chi connectivity index (χ1n) is 6.17. The van der Waals surface area contributed by atoms with E-state index in [0.717, 1.165) is 0 Å². The fourth-order valence-corrected chi connectivity index (χ4v) is 2.46. The molecule has 94 valence electrons. The molecule has 3 rings (SSSR count). The van der Waals surface area contributed by atoms with Gasteiger partial charge in [0.15, 0.2) is 11.6 Å². The van der Waals surface area contributed by atoms with Crippen molar-refractivity contribution in [3.8, 4) is 5.75 Å². The molecule has 3 nitrogen and oxygen atoms in total. The summed E-state index contributed by atoms with van der Waals surface area (Å²) >= 11 is 0. The average Bonchev–Trinajstić information content (AvgIpc) is 2.44. The van der Waals surface area contributed by atoms with Crippen molar-refractivity contribution in [3.63, 3.8) is 0 Å². The maximum Gasteiger partial charge on any atom is 0.194 e. The van der Waals surface area contributed by atoms with Crippen LogP contribution in [0.4, 0.5) is 0 Å². The maximum absolute atomic E-state index is 12.4. The van der Waals surface area contributed by atoms with Gasteiger partial charge in [0.2, 0.25) is 0 Å². The highest BCUT2D eigenvalue weighted by molar-refractivity contribution is 6.28. The second kappa shape index (κ2) is 4.05.